The lowest BCUT2D eigenvalue weighted by atomic mass is 10.4. The number of hydrogen-bond acceptors (Lipinski definition) is 6. The summed E-state index contributed by atoms with van der Waals surface area (Å²) in [6.07, 6.45) is 1.12. The second-order valence-corrected chi connectivity index (χ2v) is 3.72. The van der Waals surface area contributed by atoms with Crippen molar-refractivity contribution in [1.82, 2.24) is 9.97 Å². The SMILES string of the molecule is CCOCCN(CC)c1nc(Cl)ncc1[N+](=O)[O-]. The fourth-order valence-corrected chi connectivity index (χ4v) is 1.57. The Labute approximate surface area is 110 Å². The maximum absolute atomic E-state index is 10.9. The first kappa shape index (κ1) is 14.6. The van der Waals surface area contributed by atoms with E-state index in [1.54, 1.807) is 4.90 Å². The van der Waals surface area contributed by atoms with Gasteiger partial charge in [-0.15, -0.1) is 0 Å². The Hall–Kier alpha value is -1.47. The molecule has 1 heterocycles. The lowest BCUT2D eigenvalue weighted by molar-refractivity contribution is -0.384. The van der Waals surface area contributed by atoms with E-state index in [1.807, 2.05) is 13.8 Å². The van der Waals surface area contributed by atoms with Crippen LogP contribution in [0.15, 0.2) is 6.20 Å². The van der Waals surface area contributed by atoms with E-state index in [0.29, 0.717) is 26.3 Å². The van der Waals surface area contributed by atoms with Gasteiger partial charge in [0.05, 0.1) is 11.5 Å². The second kappa shape index (κ2) is 7.07. The maximum atomic E-state index is 10.9. The van der Waals surface area contributed by atoms with Crippen LogP contribution in [0, 0.1) is 10.1 Å². The molecule has 100 valence electrons. The molecule has 7 nitrogen and oxygen atoms in total. The standard InChI is InChI=1S/C10H15ClN4O3/c1-3-14(5-6-18-4-2)9-8(15(16)17)7-12-10(11)13-9/h7H,3-6H2,1-2H3. The van der Waals surface area contributed by atoms with Crippen molar-refractivity contribution in [3.05, 3.63) is 21.6 Å². The highest BCUT2D eigenvalue weighted by molar-refractivity contribution is 6.28. The number of likely N-dealkylation sites (N-methyl/N-ethyl adjacent to an activating group) is 1. The molecular formula is C10H15ClN4O3. The zero-order chi connectivity index (χ0) is 13.5. The number of ether oxygens (including phenoxy) is 1. The van der Waals surface area contributed by atoms with Gasteiger partial charge in [-0.05, 0) is 25.4 Å². The van der Waals surface area contributed by atoms with Crippen LogP contribution >= 0.6 is 11.6 Å². The molecule has 0 aliphatic carbocycles. The van der Waals surface area contributed by atoms with Crippen LogP contribution in [0.5, 0.6) is 0 Å². The number of hydrogen-bond donors (Lipinski definition) is 0. The van der Waals surface area contributed by atoms with Crippen molar-refractivity contribution in [2.45, 2.75) is 13.8 Å². The first-order chi connectivity index (χ1) is 8.60. The number of anilines is 1. The van der Waals surface area contributed by atoms with E-state index >= 15 is 0 Å². The van der Waals surface area contributed by atoms with Crippen molar-refractivity contribution >= 4 is 23.1 Å². The Morgan fingerprint density at radius 2 is 2.28 bits per heavy atom. The molecule has 0 radical (unpaired) electrons. The molecule has 0 aromatic carbocycles. The topological polar surface area (TPSA) is 81.4 Å². The van der Waals surface area contributed by atoms with Gasteiger partial charge in [-0.2, -0.15) is 4.98 Å². The van der Waals surface area contributed by atoms with Crippen molar-refractivity contribution < 1.29 is 9.66 Å². The lowest BCUT2D eigenvalue weighted by Gasteiger charge is -2.21. The Bertz CT molecular complexity index is 416. The van der Waals surface area contributed by atoms with E-state index in [4.69, 9.17) is 16.3 Å². The van der Waals surface area contributed by atoms with Gasteiger partial charge in [-0.3, -0.25) is 10.1 Å². The Morgan fingerprint density at radius 3 is 2.83 bits per heavy atom. The minimum atomic E-state index is -0.519. The highest BCUT2D eigenvalue weighted by atomic mass is 35.5. The number of aromatic nitrogens is 2. The van der Waals surface area contributed by atoms with Gasteiger partial charge in [-0.25, -0.2) is 4.98 Å². The van der Waals surface area contributed by atoms with Crippen molar-refractivity contribution in [2.24, 2.45) is 0 Å². The Morgan fingerprint density at radius 1 is 1.56 bits per heavy atom. The van der Waals surface area contributed by atoms with Gasteiger partial charge in [0.25, 0.3) is 0 Å². The van der Waals surface area contributed by atoms with Crippen LogP contribution in [-0.2, 0) is 4.74 Å². The zero-order valence-corrected chi connectivity index (χ0v) is 11.1. The van der Waals surface area contributed by atoms with E-state index in [1.165, 1.54) is 0 Å². The molecule has 0 atom stereocenters. The van der Waals surface area contributed by atoms with Gasteiger partial charge in [-0.1, -0.05) is 0 Å². The molecule has 1 aromatic heterocycles. The van der Waals surface area contributed by atoms with Crippen molar-refractivity contribution in [3.8, 4) is 0 Å². The Kier molecular flexibility index (Phi) is 5.73. The molecule has 0 amide bonds. The number of nitrogens with zero attached hydrogens (tertiary/aromatic N) is 4. The van der Waals surface area contributed by atoms with Crippen LogP contribution in [0.1, 0.15) is 13.8 Å². The van der Waals surface area contributed by atoms with Gasteiger partial charge in [0.1, 0.15) is 6.20 Å². The van der Waals surface area contributed by atoms with Gasteiger partial charge in [0.2, 0.25) is 11.1 Å². The molecule has 0 fully saturated rings. The van der Waals surface area contributed by atoms with E-state index in [9.17, 15) is 10.1 Å². The number of halogens is 1. The average molecular weight is 275 g/mol. The van der Waals surface area contributed by atoms with E-state index in [0.717, 1.165) is 6.20 Å². The van der Waals surface area contributed by atoms with Crippen LogP contribution in [0.4, 0.5) is 11.5 Å². The lowest BCUT2D eigenvalue weighted by Crippen LogP contribution is -2.29. The van der Waals surface area contributed by atoms with E-state index in [-0.39, 0.29) is 16.8 Å². The molecule has 0 N–H and O–H groups in total. The molecular weight excluding hydrogens is 260 g/mol. The van der Waals surface area contributed by atoms with Crippen LogP contribution in [0.3, 0.4) is 0 Å². The number of rotatable bonds is 7. The summed E-state index contributed by atoms with van der Waals surface area (Å²) in [5, 5.41) is 10.9. The molecule has 1 rings (SSSR count). The molecule has 0 spiro atoms. The van der Waals surface area contributed by atoms with Gasteiger partial charge in [0, 0.05) is 19.7 Å². The molecule has 0 unspecified atom stereocenters. The van der Waals surface area contributed by atoms with Crippen LogP contribution in [0.2, 0.25) is 5.28 Å². The van der Waals surface area contributed by atoms with Crippen LogP contribution < -0.4 is 4.90 Å². The fraction of sp³-hybridized carbons (Fsp3) is 0.600. The second-order valence-electron chi connectivity index (χ2n) is 3.38. The van der Waals surface area contributed by atoms with Crippen molar-refractivity contribution in [3.63, 3.8) is 0 Å². The number of nitro groups is 1. The van der Waals surface area contributed by atoms with Gasteiger partial charge in [0.15, 0.2) is 0 Å². The average Bonchev–Trinajstić information content (AvgIpc) is 2.34. The summed E-state index contributed by atoms with van der Waals surface area (Å²) in [6.45, 7) is 5.93. The maximum Gasteiger partial charge on any atom is 0.329 e. The summed E-state index contributed by atoms with van der Waals surface area (Å²) in [7, 11) is 0. The summed E-state index contributed by atoms with van der Waals surface area (Å²) < 4.78 is 5.23. The third kappa shape index (κ3) is 3.78. The van der Waals surface area contributed by atoms with Crippen molar-refractivity contribution in [1.29, 1.82) is 0 Å². The quantitative estimate of drug-likeness (QED) is 0.327. The summed E-state index contributed by atoms with van der Waals surface area (Å²) >= 11 is 5.68. The van der Waals surface area contributed by atoms with Gasteiger partial charge >= 0.3 is 5.69 Å². The highest BCUT2D eigenvalue weighted by Gasteiger charge is 2.21. The van der Waals surface area contributed by atoms with Crippen LogP contribution in [0.25, 0.3) is 0 Å². The fourth-order valence-electron chi connectivity index (χ4n) is 1.44. The van der Waals surface area contributed by atoms with Crippen molar-refractivity contribution in [2.75, 3.05) is 31.2 Å². The van der Waals surface area contributed by atoms with Crippen LogP contribution in [-0.4, -0.2) is 41.2 Å². The van der Waals surface area contributed by atoms with E-state index < -0.39 is 4.92 Å². The third-order valence-corrected chi connectivity index (χ3v) is 2.49. The molecule has 8 heteroatoms. The molecule has 0 saturated heterocycles. The highest BCUT2D eigenvalue weighted by Crippen LogP contribution is 2.25. The summed E-state index contributed by atoms with van der Waals surface area (Å²) in [5.41, 5.74) is -0.155. The largest absolute Gasteiger partial charge is 0.380 e. The molecule has 18 heavy (non-hydrogen) atoms. The molecule has 0 saturated carbocycles. The monoisotopic (exact) mass is 274 g/mol. The predicted octanol–water partition coefficient (Wildman–Crippen LogP) is 1.90. The zero-order valence-electron chi connectivity index (χ0n) is 10.3. The Balaban J connectivity index is 2.95. The minimum Gasteiger partial charge on any atom is -0.380 e. The molecule has 1 aromatic rings. The molecule has 0 aliphatic heterocycles. The molecule has 0 bridgehead atoms. The first-order valence-corrected chi connectivity index (χ1v) is 5.97. The van der Waals surface area contributed by atoms with E-state index in [2.05, 4.69) is 9.97 Å². The van der Waals surface area contributed by atoms with Gasteiger partial charge < -0.3 is 9.64 Å². The molecule has 0 aliphatic rings. The first-order valence-electron chi connectivity index (χ1n) is 5.59. The predicted molar refractivity (Wildman–Crippen MR) is 68.1 cm³/mol. The summed E-state index contributed by atoms with van der Waals surface area (Å²) in [5.74, 6) is 0.224. The smallest absolute Gasteiger partial charge is 0.329 e. The summed E-state index contributed by atoms with van der Waals surface area (Å²) in [6, 6.07) is 0. The normalized spacial score (nSPS) is 10.4. The minimum absolute atomic E-state index is 0.00883. The summed E-state index contributed by atoms with van der Waals surface area (Å²) in [4.78, 5) is 19.7. The third-order valence-electron chi connectivity index (χ3n) is 2.31.